The fourth-order valence-electron chi connectivity index (χ4n) is 3.34. The summed E-state index contributed by atoms with van der Waals surface area (Å²) in [5, 5.41) is 3.86. The SMILES string of the molecule is CC(C)c1cc(=O)[nH]c2cc(NC(=O)c3ccc(Oc4ccccc4)cc3)ccc12. The van der Waals surface area contributed by atoms with Gasteiger partial charge in [-0.25, -0.2) is 0 Å². The highest BCUT2D eigenvalue weighted by molar-refractivity contribution is 6.05. The van der Waals surface area contributed by atoms with Gasteiger partial charge in [-0.15, -0.1) is 0 Å². The molecular formula is C25H22N2O3. The van der Waals surface area contributed by atoms with E-state index in [1.54, 1.807) is 36.4 Å². The number of hydrogen-bond acceptors (Lipinski definition) is 3. The molecule has 2 N–H and O–H groups in total. The zero-order valence-corrected chi connectivity index (χ0v) is 16.8. The summed E-state index contributed by atoms with van der Waals surface area (Å²) in [7, 11) is 0. The number of hydrogen-bond donors (Lipinski definition) is 2. The lowest BCUT2D eigenvalue weighted by Gasteiger charge is -2.11. The second-order valence-electron chi connectivity index (χ2n) is 7.40. The van der Waals surface area contributed by atoms with E-state index in [0.717, 1.165) is 16.7 Å². The molecule has 0 saturated heterocycles. The van der Waals surface area contributed by atoms with E-state index < -0.39 is 0 Å². The minimum atomic E-state index is -0.233. The van der Waals surface area contributed by atoms with Crippen LogP contribution >= 0.6 is 0 Å². The Morgan fingerprint density at radius 3 is 2.30 bits per heavy atom. The number of aromatic amines is 1. The molecule has 0 saturated carbocycles. The van der Waals surface area contributed by atoms with Gasteiger partial charge in [-0.3, -0.25) is 9.59 Å². The van der Waals surface area contributed by atoms with Crippen LogP contribution in [0.15, 0.2) is 83.7 Å². The Bertz CT molecular complexity index is 1240. The molecule has 30 heavy (non-hydrogen) atoms. The number of aromatic nitrogens is 1. The van der Waals surface area contributed by atoms with Crippen molar-refractivity contribution in [3.8, 4) is 11.5 Å². The lowest BCUT2D eigenvalue weighted by molar-refractivity contribution is 0.102. The van der Waals surface area contributed by atoms with Crippen molar-refractivity contribution in [1.29, 1.82) is 0 Å². The summed E-state index contributed by atoms with van der Waals surface area (Å²) >= 11 is 0. The number of pyridine rings is 1. The molecule has 0 unspecified atom stereocenters. The molecule has 5 nitrogen and oxygen atoms in total. The van der Waals surface area contributed by atoms with Gasteiger partial charge >= 0.3 is 0 Å². The minimum Gasteiger partial charge on any atom is -0.457 e. The molecule has 1 aromatic heterocycles. The van der Waals surface area contributed by atoms with Gasteiger partial charge < -0.3 is 15.0 Å². The van der Waals surface area contributed by atoms with Crippen molar-refractivity contribution in [1.82, 2.24) is 4.98 Å². The zero-order chi connectivity index (χ0) is 21.1. The van der Waals surface area contributed by atoms with Crippen molar-refractivity contribution in [3.05, 3.63) is 100 Å². The number of H-pyrrole nitrogens is 1. The lowest BCUT2D eigenvalue weighted by atomic mass is 9.99. The van der Waals surface area contributed by atoms with E-state index in [1.807, 2.05) is 42.5 Å². The molecule has 0 atom stereocenters. The first-order valence-electron chi connectivity index (χ1n) is 9.81. The van der Waals surface area contributed by atoms with Gasteiger partial charge in [-0.05, 0) is 60.0 Å². The van der Waals surface area contributed by atoms with Gasteiger partial charge in [0, 0.05) is 22.7 Å². The topological polar surface area (TPSA) is 71.2 Å². The van der Waals surface area contributed by atoms with E-state index in [-0.39, 0.29) is 17.4 Å². The first-order valence-corrected chi connectivity index (χ1v) is 9.81. The molecule has 0 aliphatic heterocycles. The third-order valence-electron chi connectivity index (χ3n) is 4.85. The van der Waals surface area contributed by atoms with Crippen molar-refractivity contribution in [2.24, 2.45) is 0 Å². The van der Waals surface area contributed by atoms with Crippen LogP contribution in [0.4, 0.5) is 5.69 Å². The van der Waals surface area contributed by atoms with Crippen LogP contribution in [0.2, 0.25) is 0 Å². The molecule has 0 bridgehead atoms. The Balaban J connectivity index is 1.52. The third-order valence-corrected chi connectivity index (χ3v) is 4.85. The number of benzene rings is 3. The fraction of sp³-hybridized carbons (Fsp3) is 0.120. The largest absolute Gasteiger partial charge is 0.457 e. The number of para-hydroxylation sites is 1. The zero-order valence-electron chi connectivity index (χ0n) is 16.8. The van der Waals surface area contributed by atoms with Crippen molar-refractivity contribution in [2.75, 3.05) is 5.32 Å². The summed E-state index contributed by atoms with van der Waals surface area (Å²) < 4.78 is 5.76. The van der Waals surface area contributed by atoms with Gasteiger partial charge in [0.15, 0.2) is 0 Å². The molecule has 1 heterocycles. The number of fused-ring (bicyclic) bond motifs is 1. The quantitative estimate of drug-likeness (QED) is 0.453. The van der Waals surface area contributed by atoms with Gasteiger partial charge in [-0.2, -0.15) is 0 Å². The second kappa shape index (κ2) is 8.25. The predicted octanol–water partition coefficient (Wildman–Crippen LogP) is 5.70. The van der Waals surface area contributed by atoms with E-state index >= 15 is 0 Å². The van der Waals surface area contributed by atoms with Crippen LogP contribution in [0.3, 0.4) is 0 Å². The normalized spacial score (nSPS) is 10.9. The Hall–Kier alpha value is -3.86. The van der Waals surface area contributed by atoms with Crippen LogP contribution < -0.4 is 15.6 Å². The summed E-state index contributed by atoms with van der Waals surface area (Å²) in [5.74, 6) is 1.39. The maximum Gasteiger partial charge on any atom is 0.255 e. The molecule has 4 aromatic rings. The number of carbonyl (C=O) groups excluding carboxylic acids is 1. The van der Waals surface area contributed by atoms with E-state index in [0.29, 0.717) is 22.5 Å². The highest BCUT2D eigenvalue weighted by Crippen LogP contribution is 2.25. The predicted molar refractivity (Wildman–Crippen MR) is 120 cm³/mol. The number of nitrogens with one attached hydrogen (secondary N) is 2. The fourth-order valence-corrected chi connectivity index (χ4v) is 3.34. The Morgan fingerprint density at radius 1 is 0.900 bits per heavy atom. The summed E-state index contributed by atoms with van der Waals surface area (Å²) in [6.45, 7) is 4.10. The van der Waals surface area contributed by atoms with Crippen LogP contribution in [0, 0.1) is 0 Å². The van der Waals surface area contributed by atoms with Crippen LogP contribution in [-0.2, 0) is 0 Å². The third kappa shape index (κ3) is 4.25. The van der Waals surface area contributed by atoms with E-state index in [2.05, 4.69) is 24.1 Å². The monoisotopic (exact) mass is 398 g/mol. The highest BCUT2D eigenvalue weighted by Gasteiger charge is 2.10. The van der Waals surface area contributed by atoms with Crippen molar-refractivity contribution >= 4 is 22.5 Å². The summed E-state index contributed by atoms with van der Waals surface area (Å²) in [5.41, 5.74) is 2.67. The average Bonchev–Trinajstić information content (AvgIpc) is 2.74. The smallest absolute Gasteiger partial charge is 0.255 e. The Labute approximate surface area is 174 Å². The molecule has 3 aromatic carbocycles. The molecule has 0 aliphatic rings. The van der Waals surface area contributed by atoms with Gasteiger partial charge in [-0.1, -0.05) is 38.1 Å². The number of anilines is 1. The molecule has 0 aliphatic carbocycles. The number of rotatable bonds is 5. The minimum absolute atomic E-state index is 0.149. The molecule has 5 heteroatoms. The molecule has 4 rings (SSSR count). The summed E-state index contributed by atoms with van der Waals surface area (Å²) in [4.78, 5) is 27.5. The standard InChI is InChI=1S/C25H22N2O3/c1-16(2)22-15-24(28)27-23-14-18(10-13-21(22)23)26-25(29)17-8-11-20(12-9-17)30-19-6-4-3-5-7-19/h3-16H,1-2H3,(H,26,29)(H,27,28). The highest BCUT2D eigenvalue weighted by atomic mass is 16.5. The Kier molecular flexibility index (Phi) is 5.35. The number of amides is 1. The molecule has 0 radical (unpaired) electrons. The van der Waals surface area contributed by atoms with Crippen molar-refractivity contribution in [2.45, 2.75) is 19.8 Å². The number of ether oxygens (including phenoxy) is 1. The van der Waals surface area contributed by atoms with Crippen LogP contribution in [-0.4, -0.2) is 10.9 Å². The molecule has 150 valence electrons. The van der Waals surface area contributed by atoms with Crippen LogP contribution in [0.25, 0.3) is 10.9 Å². The molecular weight excluding hydrogens is 376 g/mol. The van der Waals surface area contributed by atoms with E-state index in [4.69, 9.17) is 4.74 Å². The first-order chi connectivity index (χ1) is 14.5. The van der Waals surface area contributed by atoms with E-state index in [1.165, 1.54) is 0 Å². The molecule has 1 amide bonds. The summed E-state index contributed by atoms with van der Waals surface area (Å²) in [6.07, 6.45) is 0. The van der Waals surface area contributed by atoms with Crippen LogP contribution in [0.1, 0.15) is 35.7 Å². The van der Waals surface area contributed by atoms with Gasteiger partial charge in [0.1, 0.15) is 11.5 Å². The van der Waals surface area contributed by atoms with Crippen molar-refractivity contribution in [3.63, 3.8) is 0 Å². The maximum atomic E-state index is 12.6. The second-order valence-corrected chi connectivity index (χ2v) is 7.40. The summed E-state index contributed by atoms with van der Waals surface area (Å²) in [6, 6.07) is 23.6. The van der Waals surface area contributed by atoms with Gasteiger partial charge in [0.05, 0.1) is 5.52 Å². The molecule has 0 fully saturated rings. The Morgan fingerprint density at radius 2 is 1.60 bits per heavy atom. The van der Waals surface area contributed by atoms with Gasteiger partial charge in [0.2, 0.25) is 5.56 Å². The average molecular weight is 398 g/mol. The number of carbonyl (C=O) groups is 1. The van der Waals surface area contributed by atoms with E-state index in [9.17, 15) is 9.59 Å². The van der Waals surface area contributed by atoms with Crippen molar-refractivity contribution < 1.29 is 9.53 Å². The van der Waals surface area contributed by atoms with Crippen LogP contribution in [0.5, 0.6) is 11.5 Å². The molecule has 0 spiro atoms. The lowest BCUT2D eigenvalue weighted by Crippen LogP contribution is -2.12. The van der Waals surface area contributed by atoms with Gasteiger partial charge in [0.25, 0.3) is 5.91 Å². The first kappa shape index (κ1) is 19.5. The maximum absolute atomic E-state index is 12.6.